The number of hydrogen-bond donors (Lipinski definition) is 3. The third-order valence-corrected chi connectivity index (χ3v) is 11.0. The zero-order valence-corrected chi connectivity index (χ0v) is 34.6. The highest BCUT2D eigenvalue weighted by molar-refractivity contribution is 5.94. The number of H-pyrrole nitrogens is 1. The molecule has 0 radical (unpaired) electrons. The number of benzene rings is 4. The summed E-state index contributed by atoms with van der Waals surface area (Å²) >= 11 is 0. The number of carbonyl (C=O) groups excluding carboxylic acids is 4. The van der Waals surface area contributed by atoms with E-state index in [2.05, 4.69) is 27.5 Å². The van der Waals surface area contributed by atoms with Crippen molar-refractivity contribution in [1.29, 1.82) is 0 Å². The van der Waals surface area contributed by atoms with E-state index in [-0.39, 0.29) is 35.7 Å². The van der Waals surface area contributed by atoms with E-state index in [0.717, 1.165) is 53.6 Å². The number of nitrogens with zero attached hydrogens (tertiary/aromatic N) is 3. The van der Waals surface area contributed by atoms with Gasteiger partial charge in [-0.05, 0) is 106 Å². The average Bonchev–Trinajstić information content (AvgIpc) is 4.06. The predicted octanol–water partition coefficient (Wildman–Crippen LogP) is 7.93. The van der Waals surface area contributed by atoms with Gasteiger partial charge in [0, 0.05) is 42.4 Å². The fourth-order valence-electron chi connectivity index (χ4n) is 7.86. The molecule has 60 heavy (non-hydrogen) atoms. The minimum atomic E-state index is -0.908. The zero-order valence-electron chi connectivity index (χ0n) is 34.6. The molecule has 0 saturated carbocycles. The van der Waals surface area contributed by atoms with Gasteiger partial charge in [0.2, 0.25) is 5.91 Å². The summed E-state index contributed by atoms with van der Waals surface area (Å²) in [4.78, 5) is 65.1. The molecule has 2 aliphatic rings. The van der Waals surface area contributed by atoms with Crippen LogP contribution in [0.25, 0.3) is 11.3 Å². The second-order valence-corrected chi connectivity index (χ2v) is 16.4. The number of carbonyl (C=O) groups is 4. The number of imidazole rings is 1. The van der Waals surface area contributed by atoms with Crippen LogP contribution in [0.4, 0.5) is 4.79 Å². The van der Waals surface area contributed by atoms with Crippen LogP contribution in [0.2, 0.25) is 0 Å². The van der Waals surface area contributed by atoms with Crippen LogP contribution in [0.15, 0.2) is 115 Å². The first-order valence-corrected chi connectivity index (χ1v) is 20.7. The van der Waals surface area contributed by atoms with Crippen molar-refractivity contribution in [2.24, 2.45) is 0 Å². The molecular weight excluding hydrogens is 753 g/mol. The fourth-order valence-corrected chi connectivity index (χ4v) is 7.86. The predicted molar refractivity (Wildman–Crippen MR) is 231 cm³/mol. The van der Waals surface area contributed by atoms with E-state index in [0.29, 0.717) is 36.6 Å². The molecule has 4 amide bonds. The van der Waals surface area contributed by atoms with Crippen LogP contribution < -0.4 is 10.6 Å². The maximum Gasteiger partial charge on any atom is 0.408 e. The van der Waals surface area contributed by atoms with E-state index >= 15 is 0 Å². The van der Waals surface area contributed by atoms with Crippen molar-refractivity contribution in [1.82, 2.24) is 30.4 Å². The zero-order chi connectivity index (χ0) is 42.2. The van der Waals surface area contributed by atoms with Gasteiger partial charge in [0.1, 0.15) is 17.5 Å². The van der Waals surface area contributed by atoms with E-state index in [9.17, 15) is 19.2 Å². The molecule has 3 N–H and O–H groups in total. The molecule has 2 fully saturated rings. The standard InChI is InChI=1S/C49H52N6O5/c1-33(36-13-7-5-8-14-36)46(57)54-29-11-17-40(54)31-51-45(56)39-27-23-35(24-28-39)20-19-34-21-25-37(26-22-34)41-32-50-44(52-41)42-18-12-30-55(42)47(58)43(38-15-9-6-10-16-38)53-48(59)60-49(2,3)4/h5-10,13-16,21-28,32-33,40,42-43H,11-12,17-18,29-31H2,1-4H3,(H,50,52)(H,51,56)(H,53,59)/t33-,40+,42+,43-/m1/s1. The summed E-state index contributed by atoms with van der Waals surface area (Å²) in [5, 5.41) is 5.84. The number of aromatic nitrogens is 2. The Morgan fingerprint density at radius 1 is 0.783 bits per heavy atom. The van der Waals surface area contributed by atoms with Crippen LogP contribution in [0, 0.1) is 11.8 Å². The van der Waals surface area contributed by atoms with Crippen LogP contribution in [-0.4, -0.2) is 74.9 Å². The highest BCUT2D eigenvalue weighted by atomic mass is 16.6. The van der Waals surface area contributed by atoms with Gasteiger partial charge in [-0.2, -0.15) is 0 Å². The molecule has 0 bridgehead atoms. The van der Waals surface area contributed by atoms with Crippen molar-refractivity contribution in [3.63, 3.8) is 0 Å². The lowest BCUT2D eigenvalue weighted by Crippen LogP contribution is -2.44. The molecule has 4 atom stereocenters. The summed E-state index contributed by atoms with van der Waals surface area (Å²) in [7, 11) is 0. The van der Waals surface area contributed by atoms with E-state index < -0.39 is 17.7 Å². The Labute approximate surface area is 351 Å². The average molecular weight is 805 g/mol. The molecule has 2 saturated heterocycles. The third kappa shape index (κ3) is 10.1. The van der Waals surface area contributed by atoms with Gasteiger partial charge < -0.3 is 30.2 Å². The molecule has 11 nitrogen and oxygen atoms in total. The molecule has 0 aliphatic carbocycles. The molecular formula is C49H52N6O5. The highest BCUT2D eigenvalue weighted by Crippen LogP contribution is 2.34. The van der Waals surface area contributed by atoms with Crippen LogP contribution in [0.5, 0.6) is 0 Å². The first-order chi connectivity index (χ1) is 28.9. The second-order valence-electron chi connectivity index (χ2n) is 16.4. The van der Waals surface area contributed by atoms with Crippen molar-refractivity contribution in [2.75, 3.05) is 19.6 Å². The van der Waals surface area contributed by atoms with Crippen LogP contribution in [-0.2, 0) is 14.3 Å². The van der Waals surface area contributed by atoms with E-state index in [4.69, 9.17) is 9.72 Å². The summed E-state index contributed by atoms with van der Waals surface area (Å²) in [6, 6.07) is 32.9. The Kier molecular flexibility index (Phi) is 12.8. The minimum absolute atomic E-state index is 0.0256. The molecule has 7 rings (SSSR count). The minimum Gasteiger partial charge on any atom is -0.444 e. The van der Waals surface area contributed by atoms with E-state index in [1.807, 2.05) is 109 Å². The molecule has 1 aromatic heterocycles. The number of likely N-dealkylation sites (tertiary alicyclic amines) is 2. The fraction of sp³-hybridized carbons (Fsp3) is 0.327. The summed E-state index contributed by atoms with van der Waals surface area (Å²) < 4.78 is 5.50. The highest BCUT2D eigenvalue weighted by Gasteiger charge is 2.38. The first-order valence-electron chi connectivity index (χ1n) is 20.7. The molecule has 308 valence electrons. The van der Waals surface area contributed by atoms with Crippen molar-refractivity contribution in [3.05, 3.63) is 149 Å². The van der Waals surface area contributed by atoms with E-state index in [1.54, 1.807) is 44.0 Å². The molecule has 2 aliphatic heterocycles. The molecule has 3 heterocycles. The first kappa shape index (κ1) is 41.5. The maximum absolute atomic E-state index is 14.1. The van der Waals surface area contributed by atoms with Crippen LogP contribution >= 0.6 is 0 Å². The summed E-state index contributed by atoms with van der Waals surface area (Å²) in [6.45, 7) is 8.95. The normalized spacial score (nSPS) is 17.3. The Morgan fingerprint density at radius 3 is 2.03 bits per heavy atom. The Morgan fingerprint density at radius 2 is 1.38 bits per heavy atom. The number of amides is 4. The Hall–Kier alpha value is -6.67. The summed E-state index contributed by atoms with van der Waals surface area (Å²) in [5.74, 6) is 6.55. The lowest BCUT2D eigenvalue weighted by atomic mass is 9.99. The summed E-state index contributed by atoms with van der Waals surface area (Å²) in [5.41, 5.74) is 4.85. The monoisotopic (exact) mass is 804 g/mol. The van der Waals surface area contributed by atoms with Crippen molar-refractivity contribution in [2.45, 2.75) is 83.0 Å². The van der Waals surface area contributed by atoms with Gasteiger partial charge in [0.15, 0.2) is 0 Å². The molecule has 5 aromatic rings. The number of hydrogen-bond acceptors (Lipinski definition) is 6. The number of nitrogens with one attached hydrogen (secondary N) is 3. The van der Waals surface area contributed by atoms with Gasteiger partial charge in [-0.15, -0.1) is 0 Å². The summed E-state index contributed by atoms with van der Waals surface area (Å²) in [6.07, 6.45) is 4.45. The lowest BCUT2D eigenvalue weighted by Gasteiger charge is -2.29. The maximum atomic E-state index is 14.1. The van der Waals surface area contributed by atoms with Crippen molar-refractivity contribution < 1.29 is 23.9 Å². The molecule has 0 unspecified atom stereocenters. The Balaban J connectivity index is 0.940. The number of rotatable bonds is 10. The van der Waals surface area contributed by atoms with Gasteiger partial charge in [-0.25, -0.2) is 9.78 Å². The molecule has 0 spiro atoms. The van der Waals surface area contributed by atoms with Gasteiger partial charge >= 0.3 is 6.09 Å². The number of aromatic amines is 1. The van der Waals surface area contributed by atoms with Crippen molar-refractivity contribution in [3.8, 4) is 23.1 Å². The van der Waals surface area contributed by atoms with Crippen LogP contribution in [0.1, 0.15) is 110 Å². The van der Waals surface area contributed by atoms with Gasteiger partial charge in [-0.1, -0.05) is 84.6 Å². The second kappa shape index (κ2) is 18.5. The van der Waals surface area contributed by atoms with Gasteiger partial charge in [-0.3, -0.25) is 14.4 Å². The number of alkyl carbamates (subject to hydrolysis) is 1. The third-order valence-electron chi connectivity index (χ3n) is 11.0. The SMILES string of the molecule is C[C@@H](C(=O)N1CCC[C@H]1CNC(=O)c1ccc(C#Cc2ccc(-c3cnc([C@@H]4CCCN4C(=O)[C@H](NC(=O)OC(C)(C)C)c4ccccc4)[nH]3)cc2)cc1)c1ccccc1. The van der Waals surface area contributed by atoms with E-state index in [1.165, 1.54) is 0 Å². The van der Waals surface area contributed by atoms with Gasteiger partial charge in [0.25, 0.3) is 11.8 Å². The number of ether oxygens (including phenoxy) is 1. The Bertz CT molecular complexity index is 2340. The molecule has 11 heteroatoms. The van der Waals surface area contributed by atoms with Crippen LogP contribution in [0.3, 0.4) is 0 Å². The topological polar surface area (TPSA) is 137 Å². The van der Waals surface area contributed by atoms with Crippen molar-refractivity contribution >= 4 is 23.8 Å². The largest absolute Gasteiger partial charge is 0.444 e. The lowest BCUT2D eigenvalue weighted by molar-refractivity contribution is -0.135. The molecule has 4 aromatic carbocycles. The van der Waals surface area contributed by atoms with Gasteiger partial charge in [0.05, 0.1) is 23.9 Å². The smallest absolute Gasteiger partial charge is 0.408 e. The quantitative estimate of drug-likeness (QED) is 0.123.